The molecule has 0 radical (unpaired) electrons. The van der Waals surface area contributed by atoms with E-state index < -0.39 is 0 Å². The molecule has 2 rings (SSSR count). The van der Waals surface area contributed by atoms with Gasteiger partial charge >= 0.3 is 0 Å². The van der Waals surface area contributed by atoms with E-state index in [-0.39, 0.29) is 5.75 Å². The summed E-state index contributed by atoms with van der Waals surface area (Å²) in [5.74, 6) is 0.239. The molecule has 0 aliphatic rings. The van der Waals surface area contributed by atoms with Gasteiger partial charge in [0, 0.05) is 16.0 Å². The third-order valence-corrected chi connectivity index (χ3v) is 3.99. The van der Waals surface area contributed by atoms with Gasteiger partial charge in [-0.25, -0.2) is 0 Å². The second-order valence-corrected chi connectivity index (χ2v) is 5.91. The van der Waals surface area contributed by atoms with Crippen LogP contribution in [0.2, 0.25) is 5.02 Å². The summed E-state index contributed by atoms with van der Waals surface area (Å²) < 4.78 is 1.65. The van der Waals surface area contributed by atoms with Crippen molar-refractivity contribution in [3.05, 3.63) is 55.9 Å². The normalized spacial score (nSPS) is 10.4. The fourth-order valence-corrected chi connectivity index (χ4v) is 2.48. The van der Waals surface area contributed by atoms with Gasteiger partial charge in [0.15, 0.2) is 0 Å². The van der Waals surface area contributed by atoms with Crippen molar-refractivity contribution in [1.29, 1.82) is 0 Å². The molecule has 0 unspecified atom stereocenters. The van der Waals surface area contributed by atoms with E-state index >= 15 is 0 Å². The van der Waals surface area contributed by atoms with Crippen molar-refractivity contribution in [1.82, 2.24) is 0 Å². The lowest BCUT2D eigenvalue weighted by Gasteiger charge is -2.09. The molecule has 0 saturated carbocycles. The van der Waals surface area contributed by atoms with E-state index in [1.54, 1.807) is 6.07 Å². The number of rotatable bonds is 3. The van der Waals surface area contributed by atoms with Gasteiger partial charge in [0.25, 0.3) is 0 Å². The van der Waals surface area contributed by atoms with Crippen LogP contribution in [-0.4, -0.2) is 5.11 Å². The van der Waals surface area contributed by atoms with Crippen LogP contribution < -0.4 is 5.32 Å². The second kappa shape index (κ2) is 5.95. The Labute approximate surface area is 127 Å². The van der Waals surface area contributed by atoms with Crippen LogP contribution in [0.25, 0.3) is 0 Å². The van der Waals surface area contributed by atoms with Crippen molar-refractivity contribution in [3.8, 4) is 5.75 Å². The zero-order valence-electron chi connectivity index (χ0n) is 9.25. The Kier molecular flexibility index (Phi) is 4.54. The Morgan fingerprint density at radius 1 is 1.06 bits per heavy atom. The minimum Gasteiger partial charge on any atom is -0.507 e. The van der Waals surface area contributed by atoms with Crippen LogP contribution >= 0.6 is 43.5 Å². The van der Waals surface area contributed by atoms with Gasteiger partial charge in [0.1, 0.15) is 5.75 Å². The summed E-state index contributed by atoms with van der Waals surface area (Å²) in [6.07, 6.45) is 0. The van der Waals surface area contributed by atoms with Crippen molar-refractivity contribution in [3.63, 3.8) is 0 Å². The van der Waals surface area contributed by atoms with Crippen LogP contribution in [-0.2, 0) is 6.54 Å². The van der Waals surface area contributed by atoms with E-state index in [1.807, 2.05) is 30.3 Å². The maximum atomic E-state index is 9.42. The van der Waals surface area contributed by atoms with E-state index in [0.29, 0.717) is 16.0 Å². The first kappa shape index (κ1) is 13.7. The zero-order chi connectivity index (χ0) is 13.1. The van der Waals surface area contributed by atoms with Crippen LogP contribution in [0, 0.1) is 0 Å². The van der Waals surface area contributed by atoms with Crippen molar-refractivity contribution in [2.75, 3.05) is 5.32 Å². The Balaban J connectivity index is 2.11. The molecule has 0 aromatic heterocycles. The average molecular weight is 391 g/mol. The summed E-state index contributed by atoms with van der Waals surface area (Å²) >= 11 is 12.7. The molecule has 0 heterocycles. The highest BCUT2D eigenvalue weighted by molar-refractivity contribution is 9.11. The Bertz CT molecular complexity index is 575. The molecule has 0 atom stereocenters. The quantitative estimate of drug-likeness (QED) is 0.755. The summed E-state index contributed by atoms with van der Waals surface area (Å²) in [5, 5.41) is 13.4. The number of halogens is 3. The van der Waals surface area contributed by atoms with Gasteiger partial charge in [-0.2, -0.15) is 0 Å². The Morgan fingerprint density at radius 2 is 1.83 bits per heavy atom. The number of benzene rings is 2. The van der Waals surface area contributed by atoms with Crippen molar-refractivity contribution in [2.45, 2.75) is 6.54 Å². The monoisotopic (exact) mass is 389 g/mol. The minimum absolute atomic E-state index is 0.239. The maximum Gasteiger partial charge on any atom is 0.129 e. The van der Waals surface area contributed by atoms with Crippen molar-refractivity contribution < 1.29 is 5.11 Å². The Hall–Kier alpha value is -0.710. The number of hydrogen-bond acceptors (Lipinski definition) is 2. The molecule has 2 aromatic carbocycles. The number of anilines is 1. The summed E-state index contributed by atoms with van der Waals surface area (Å²) in [7, 11) is 0. The van der Waals surface area contributed by atoms with Gasteiger partial charge in [-0.3, -0.25) is 0 Å². The van der Waals surface area contributed by atoms with Gasteiger partial charge in [-0.1, -0.05) is 17.7 Å². The third kappa shape index (κ3) is 3.40. The molecule has 2 nitrogen and oxygen atoms in total. The molecule has 0 fully saturated rings. The standard InChI is InChI=1S/C13H10Br2ClNO/c14-10-3-2-9(16)6-12(10)17-7-8-1-4-13(18)11(15)5-8/h1-6,17-18H,7H2. The minimum atomic E-state index is 0.239. The van der Waals surface area contributed by atoms with Gasteiger partial charge in [0.05, 0.1) is 10.2 Å². The lowest BCUT2D eigenvalue weighted by molar-refractivity contribution is 0.471. The van der Waals surface area contributed by atoms with Gasteiger partial charge in [-0.05, 0) is 67.8 Å². The number of phenolic OH excluding ortho intramolecular Hbond substituents is 1. The molecule has 0 bridgehead atoms. The number of nitrogens with one attached hydrogen (secondary N) is 1. The average Bonchev–Trinajstić information content (AvgIpc) is 2.34. The van der Waals surface area contributed by atoms with Crippen LogP contribution in [0.5, 0.6) is 5.75 Å². The largest absolute Gasteiger partial charge is 0.507 e. The summed E-state index contributed by atoms with van der Waals surface area (Å²) in [6, 6.07) is 11.0. The molecule has 18 heavy (non-hydrogen) atoms. The highest BCUT2D eigenvalue weighted by Crippen LogP contribution is 2.28. The molecule has 0 spiro atoms. The van der Waals surface area contributed by atoms with E-state index in [1.165, 1.54) is 0 Å². The highest BCUT2D eigenvalue weighted by Gasteiger charge is 2.02. The summed E-state index contributed by atoms with van der Waals surface area (Å²) in [4.78, 5) is 0. The first-order valence-corrected chi connectivity index (χ1v) is 7.19. The summed E-state index contributed by atoms with van der Waals surface area (Å²) in [6.45, 7) is 0.651. The molecule has 0 aliphatic carbocycles. The van der Waals surface area contributed by atoms with Crippen LogP contribution in [0.3, 0.4) is 0 Å². The van der Waals surface area contributed by atoms with Gasteiger partial charge < -0.3 is 10.4 Å². The van der Waals surface area contributed by atoms with Gasteiger partial charge in [0.2, 0.25) is 0 Å². The molecular formula is C13H10Br2ClNO. The molecule has 2 N–H and O–H groups in total. The van der Waals surface area contributed by atoms with E-state index in [4.69, 9.17) is 11.6 Å². The van der Waals surface area contributed by atoms with E-state index in [9.17, 15) is 5.11 Å². The van der Waals surface area contributed by atoms with Crippen LogP contribution in [0.15, 0.2) is 45.3 Å². The molecule has 2 aromatic rings. The molecule has 0 amide bonds. The first-order chi connectivity index (χ1) is 8.56. The van der Waals surface area contributed by atoms with Crippen molar-refractivity contribution in [2.24, 2.45) is 0 Å². The SMILES string of the molecule is Oc1ccc(CNc2cc(Cl)ccc2Br)cc1Br. The molecule has 0 saturated heterocycles. The van der Waals surface area contributed by atoms with Crippen molar-refractivity contribution >= 4 is 49.1 Å². The third-order valence-electron chi connectivity index (χ3n) is 2.42. The number of hydrogen-bond donors (Lipinski definition) is 2. The first-order valence-electron chi connectivity index (χ1n) is 5.22. The lowest BCUT2D eigenvalue weighted by Crippen LogP contribution is -2.00. The van der Waals surface area contributed by atoms with Gasteiger partial charge in [-0.15, -0.1) is 0 Å². The predicted octanol–water partition coefficient (Wildman–Crippen LogP) is 5.18. The lowest BCUT2D eigenvalue weighted by atomic mass is 10.2. The smallest absolute Gasteiger partial charge is 0.129 e. The maximum absolute atomic E-state index is 9.42. The van der Waals surface area contributed by atoms with Crippen LogP contribution in [0.4, 0.5) is 5.69 Å². The van der Waals surface area contributed by atoms with E-state index in [0.717, 1.165) is 15.7 Å². The fraction of sp³-hybridized carbons (Fsp3) is 0.0769. The fourth-order valence-electron chi connectivity index (χ4n) is 1.49. The topological polar surface area (TPSA) is 32.3 Å². The molecule has 94 valence electrons. The Morgan fingerprint density at radius 3 is 2.56 bits per heavy atom. The predicted molar refractivity (Wildman–Crippen MR) is 82.3 cm³/mol. The molecular weight excluding hydrogens is 381 g/mol. The summed E-state index contributed by atoms with van der Waals surface area (Å²) in [5.41, 5.74) is 2.00. The second-order valence-electron chi connectivity index (χ2n) is 3.76. The number of aromatic hydroxyl groups is 1. The highest BCUT2D eigenvalue weighted by atomic mass is 79.9. The number of phenols is 1. The van der Waals surface area contributed by atoms with Crippen LogP contribution in [0.1, 0.15) is 5.56 Å². The molecule has 5 heteroatoms. The van der Waals surface area contributed by atoms with E-state index in [2.05, 4.69) is 37.2 Å². The zero-order valence-corrected chi connectivity index (χ0v) is 13.2. The molecule has 0 aliphatic heterocycles.